The summed E-state index contributed by atoms with van der Waals surface area (Å²) in [6.07, 6.45) is 4.01. The van der Waals surface area contributed by atoms with Gasteiger partial charge in [0.05, 0.1) is 0 Å². The first-order chi connectivity index (χ1) is 25.5. The Labute approximate surface area is 307 Å². The zero-order chi connectivity index (χ0) is 35.1. The van der Waals surface area contributed by atoms with Gasteiger partial charge >= 0.3 is 0 Å². The maximum Gasteiger partial charge on any atom is 0.115 e. The smallest absolute Gasteiger partial charge is 0.115 e. The fourth-order valence-corrected chi connectivity index (χ4v) is 10.7. The molecule has 0 unspecified atom stereocenters. The van der Waals surface area contributed by atoms with Crippen molar-refractivity contribution in [2.75, 3.05) is 4.90 Å². The Hall–Kier alpha value is -6.29. The van der Waals surface area contributed by atoms with E-state index < -0.39 is 8.07 Å². The van der Waals surface area contributed by atoms with E-state index in [0.29, 0.717) is 0 Å². The van der Waals surface area contributed by atoms with Crippen molar-refractivity contribution >= 4 is 35.5 Å². The van der Waals surface area contributed by atoms with Crippen LogP contribution in [0.3, 0.4) is 0 Å². The molecule has 0 amide bonds. The van der Waals surface area contributed by atoms with Crippen LogP contribution in [0.15, 0.2) is 194 Å². The molecule has 248 valence electrons. The molecule has 8 aromatic rings. The molecule has 0 bridgehead atoms. The molecule has 0 saturated heterocycles. The van der Waals surface area contributed by atoms with Gasteiger partial charge in [-0.25, -0.2) is 0 Å². The van der Waals surface area contributed by atoms with Gasteiger partial charge in [-0.15, -0.1) is 0 Å². The van der Waals surface area contributed by atoms with Gasteiger partial charge in [0.1, 0.15) is 8.07 Å². The summed E-state index contributed by atoms with van der Waals surface area (Å²) in [4.78, 5) is 6.81. The standard InChI is InChI=1S/C49H38N2Si/c1-52(2)48-33-42(22-29-46(48)47-30-31-50-34-49(47)52)41-15-9-14-40(32-41)39-20-27-45(28-21-39)51(43-23-16-37(17-24-43)35-10-5-3-6-11-35)44-25-18-38(19-26-44)36-12-7-4-8-13-36/h3-34H,1-2H3. The molecule has 3 heteroatoms. The molecule has 1 aliphatic rings. The first-order valence-corrected chi connectivity index (χ1v) is 20.9. The van der Waals surface area contributed by atoms with Crippen molar-refractivity contribution in [3.05, 3.63) is 194 Å². The third kappa shape index (κ3) is 5.75. The van der Waals surface area contributed by atoms with Crippen molar-refractivity contribution < 1.29 is 0 Å². The minimum Gasteiger partial charge on any atom is -0.311 e. The monoisotopic (exact) mass is 682 g/mol. The van der Waals surface area contributed by atoms with Crippen LogP contribution in [0, 0.1) is 0 Å². The van der Waals surface area contributed by atoms with Gasteiger partial charge in [-0.2, -0.15) is 0 Å². The summed E-state index contributed by atoms with van der Waals surface area (Å²) in [6.45, 7) is 4.89. The molecule has 0 radical (unpaired) electrons. The van der Waals surface area contributed by atoms with E-state index in [2.05, 4.69) is 211 Å². The molecule has 2 nitrogen and oxygen atoms in total. The van der Waals surface area contributed by atoms with Crippen LogP contribution in [0.5, 0.6) is 0 Å². The molecule has 0 spiro atoms. The Morgan fingerprint density at radius 2 is 0.769 bits per heavy atom. The SMILES string of the molecule is C[Si]1(C)c2cnccc2-c2ccc(-c3cccc(-c4ccc(N(c5ccc(-c6ccccc6)cc5)c5ccc(-c6ccccc6)cc5)cc4)c3)cc21. The molecule has 1 aliphatic heterocycles. The van der Waals surface area contributed by atoms with Gasteiger partial charge in [0, 0.05) is 29.5 Å². The summed E-state index contributed by atoms with van der Waals surface area (Å²) in [5, 5.41) is 2.93. The molecule has 1 aromatic heterocycles. The minimum absolute atomic E-state index is 1.11. The number of benzene rings is 7. The van der Waals surface area contributed by atoms with Crippen molar-refractivity contribution in [2.45, 2.75) is 13.1 Å². The third-order valence-corrected chi connectivity index (χ3v) is 14.1. The van der Waals surface area contributed by atoms with Gasteiger partial charge in [-0.05, 0) is 115 Å². The normalized spacial score (nSPS) is 12.6. The topological polar surface area (TPSA) is 16.1 Å². The number of anilines is 3. The van der Waals surface area contributed by atoms with Gasteiger partial charge in [-0.3, -0.25) is 4.98 Å². The van der Waals surface area contributed by atoms with Crippen molar-refractivity contribution in [3.8, 4) is 55.6 Å². The number of hydrogen-bond donors (Lipinski definition) is 0. The summed E-state index contributed by atoms with van der Waals surface area (Å²) < 4.78 is 0. The van der Waals surface area contributed by atoms with E-state index in [1.807, 2.05) is 6.20 Å². The van der Waals surface area contributed by atoms with Crippen molar-refractivity contribution in [1.29, 1.82) is 0 Å². The number of hydrogen-bond acceptors (Lipinski definition) is 2. The van der Waals surface area contributed by atoms with Gasteiger partial charge in [0.2, 0.25) is 0 Å². The van der Waals surface area contributed by atoms with Crippen LogP contribution in [0.4, 0.5) is 17.1 Å². The number of pyridine rings is 1. The van der Waals surface area contributed by atoms with E-state index in [0.717, 1.165) is 17.1 Å². The van der Waals surface area contributed by atoms with Crippen LogP contribution in [-0.4, -0.2) is 13.1 Å². The Morgan fingerprint density at radius 3 is 1.31 bits per heavy atom. The summed E-state index contributed by atoms with van der Waals surface area (Å²) in [7, 11) is -1.80. The molecule has 0 fully saturated rings. The summed E-state index contributed by atoms with van der Waals surface area (Å²) in [6, 6.07) is 66.0. The Balaban J connectivity index is 1.05. The van der Waals surface area contributed by atoms with Gasteiger partial charge in [-0.1, -0.05) is 147 Å². The predicted molar refractivity (Wildman–Crippen MR) is 223 cm³/mol. The molecule has 0 N–H and O–H groups in total. The fraction of sp³-hybridized carbons (Fsp3) is 0.0408. The van der Waals surface area contributed by atoms with Crippen molar-refractivity contribution in [2.24, 2.45) is 0 Å². The zero-order valence-electron chi connectivity index (χ0n) is 29.4. The highest BCUT2D eigenvalue weighted by atomic mass is 28.3. The zero-order valence-corrected chi connectivity index (χ0v) is 30.4. The maximum absolute atomic E-state index is 4.47. The number of rotatable bonds is 7. The molecule has 7 aromatic carbocycles. The second kappa shape index (κ2) is 13.1. The lowest BCUT2D eigenvalue weighted by Gasteiger charge is -2.26. The van der Waals surface area contributed by atoms with Crippen LogP contribution >= 0.6 is 0 Å². The molecule has 2 heterocycles. The van der Waals surface area contributed by atoms with E-state index in [-0.39, 0.29) is 0 Å². The van der Waals surface area contributed by atoms with Gasteiger partial charge < -0.3 is 4.90 Å². The quantitative estimate of drug-likeness (QED) is 0.156. The Bertz CT molecular complexity index is 2420. The second-order valence-electron chi connectivity index (χ2n) is 14.1. The minimum atomic E-state index is -1.80. The van der Waals surface area contributed by atoms with Crippen LogP contribution < -0.4 is 15.3 Å². The molecular formula is C49H38N2Si. The molecule has 52 heavy (non-hydrogen) atoms. The van der Waals surface area contributed by atoms with Gasteiger partial charge in [0.15, 0.2) is 0 Å². The molecule has 9 rings (SSSR count). The van der Waals surface area contributed by atoms with Gasteiger partial charge in [0.25, 0.3) is 0 Å². The van der Waals surface area contributed by atoms with Crippen LogP contribution in [0.25, 0.3) is 55.6 Å². The summed E-state index contributed by atoms with van der Waals surface area (Å²) >= 11 is 0. The lowest BCUT2D eigenvalue weighted by Crippen LogP contribution is -2.49. The largest absolute Gasteiger partial charge is 0.311 e. The highest BCUT2D eigenvalue weighted by Gasteiger charge is 2.37. The van der Waals surface area contributed by atoms with Crippen LogP contribution in [0.1, 0.15) is 0 Å². The lowest BCUT2D eigenvalue weighted by molar-refractivity contribution is 1.28. The summed E-state index contributed by atoms with van der Waals surface area (Å²) in [5.74, 6) is 0. The average molecular weight is 683 g/mol. The second-order valence-corrected chi connectivity index (χ2v) is 18.4. The first-order valence-electron chi connectivity index (χ1n) is 17.9. The third-order valence-electron chi connectivity index (χ3n) is 10.6. The first kappa shape index (κ1) is 31.7. The number of aromatic nitrogens is 1. The predicted octanol–water partition coefficient (Wildman–Crippen LogP) is 12.0. The van der Waals surface area contributed by atoms with Crippen LogP contribution in [0.2, 0.25) is 13.1 Å². The number of nitrogens with zero attached hydrogens (tertiary/aromatic N) is 2. The van der Waals surface area contributed by atoms with E-state index in [1.54, 1.807) is 0 Å². The molecule has 0 atom stereocenters. The van der Waals surface area contributed by atoms with Crippen molar-refractivity contribution in [3.63, 3.8) is 0 Å². The maximum atomic E-state index is 4.47. The van der Waals surface area contributed by atoms with E-state index >= 15 is 0 Å². The Kier molecular flexibility index (Phi) is 7.99. The van der Waals surface area contributed by atoms with E-state index in [4.69, 9.17) is 0 Å². The molecule has 0 aliphatic carbocycles. The highest BCUT2D eigenvalue weighted by molar-refractivity contribution is 7.03. The molecule has 0 saturated carbocycles. The van der Waals surface area contributed by atoms with Crippen LogP contribution in [-0.2, 0) is 0 Å². The lowest BCUT2D eigenvalue weighted by atomic mass is 9.97. The average Bonchev–Trinajstić information content (AvgIpc) is 3.45. The summed E-state index contributed by atoms with van der Waals surface area (Å²) in [5.41, 5.74) is 15.8. The highest BCUT2D eigenvalue weighted by Crippen LogP contribution is 2.38. The number of fused-ring (bicyclic) bond motifs is 3. The molecular weight excluding hydrogens is 645 g/mol. The van der Waals surface area contributed by atoms with E-state index in [9.17, 15) is 0 Å². The van der Waals surface area contributed by atoms with E-state index in [1.165, 1.54) is 66.0 Å². The van der Waals surface area contributed by atoms with Crippen molar-refractivity contribution in [1.82, 2.24) is 4.98 Å². The fourth-order valence-electron chi connectivity index (χ4n) is 7.74. The Morgan fingerprint density at radius 1 is 0.365 bits per heavy atom.